The molecule has 160 valence electrons. The summed E-state index contributed by atoms with van der Waals surface area (Å²) in [5, 5.41) is 0. The Labute approximate surface area is 183 Å². The number of carbonyl (C=O) groups excluding carboxylic acids is 1. The van der Waals surface area contributed by atoms with E-state index in [-0.39, 0.29) is 11.5 Å². The predicted molar refractivity (Wildman–Crippen MR) is 122 cm³/mol. The fourth-order valence-electron chi connectivity index (χ4n) is 4.10. The smallest absolute Gasteiger partial charge is 0.256 e. The van der Waals surface area contributed by atoms with Gasteiger partial charge in [-0.2, -0.15) is 0 Å². The number of benzene rings is 2. The molecule has 0 atom stereocenters. The molecule has 1 amide bonds. The predicted octanol–water partition coefficient (Wildman–Crippen LogP) is 4.29. The van der Waals surface area contributed by atoms with Crippen LogP contribution in [-0.2, 0) is 25.8 Å². The van der Waals surface area contributed by atoms with Crippen LogP contribution in [0.2, 0.25) is 0 Å². The van der Waals surface area contributed by atoms with Gasteiger partial charge in [0.25, 0.3) is 11.5 Å². The zero-order chi connectivity index (χ0) is 21.6. The fourth-order valence-corrected chi connectivity index (χ4v) is 4.10. The van der Waals surface area contributed by atoms with Crippen molar-refractivity contribution in [2.75, 3.05) is 6.54 Å². The summed E-state index contributed by atoms with van der Waals surface area (Å²) in [5.41, 5.74) is 4.32. The van der Waals surface area contributed by atoms with Gasteiger partial charge in [-0.1, -0.05) is 62.2 Å². The zero-order valence-corrected chi connectivity index (χ0v) is 18.1. The SMILES string of the molecule is CCCCCc1ccc(C(=O)N2CCc3nc(Cc4ccccc4)[nH]c(=O)c3C2)cc1. The number of aryl methyl sites for hydroxylation is 1. The van der Waals surface area contributed by atoms with Crippen LogP contribution in [0, 0.1) is 0 Å². The first-order chi connectivity index (χ1) is 15.1. The number of aromatic nitrogens is 2. The van der Waals surface area contributed by atoms with Gasteiger partial charge in [-0.05, 0) is 36.1 Å². The van der Waals surface area contributed by atoms with Crippen molar-refractivity contribution in [3.63, 3.8) is 0 Å². The van der Waals surface area contributed by atoms with E-state index in [0.717, 1.165) is 17.7 Å². The van der Waals surface area contributed by atoms with E-state index in [1.165, 1.54) is 24.8 Å². The van der Waals surface area contributed by atoms with Crippen LogP contribution < -0.4 is 5.56 Å². The molecule has 0 unspecified atom stereocenters. The molecule has 1 aliphatic heterocycles. The van der Waals surface area contributed by atoms with Gasteiger partial charge in [-0.3, -0.25) is 9.59 Å². The van der Waals surface area contributed by atoms with Crippen LogP contribution in [0.25, 0.3) is 0 Å². The Morgan fingerprint density at radius 2 is 1.81 bits per heavy atom. The summed E-state index contributed by atoms with van der Waals surface area (Å²) in [5.74, 6) is 0.645. The topological polar surface area (TPSA) is 66.1 Å². The quantitative estimate of drug-likeness (QED) is 0.586. The van der Waals surface area contributed by atoms with Crippen LogP contribution >= 0.6 is 0 Å². The van der Waals surface area contributed by atoms with Gasteiger partial charge in [-0.15, -0.1) is 0 Å². The Kier molecular flexibility index (Phi) is 6.60. The Bertz CT molecular complexity index is 1090. The van der Waals surface area contributed by atoms with Crippen molar-refractivity contribution < 1.29 is 4.79 Å². The number of amides is 1. The summed E-state index contributed by atoms with van der Waals surface area (Å²) < 4.78 is 0. The van der Waals surface area contributed by atoms with Crippen LogP contribution in [0.1, 0.15) is 64.8 Å². The van der Waals surface area contributed by atoms with Crippen molar-refractivity contribution >= 4 is 5.91 Å². The first kappa shape index (κ1) is 21.0. The lowest BCUT2D eigenvalue weighted by Crippen LogP contribution is -2.39. The molecule has 0 bridgehead atoms. The van der Waals surface area contributed by atoms with E-state index < -0.39 is 0 Å². The van der Waals surface area contributed by atoms with Gasteiger partial charge >= 0.3 is 0 Å². The first-order valence-electron chi connectivity index (χ1n) is 11.2. The number of H-pyrrole nitrogens is 1. The number of nitrogens with one attached hydrogen (secondary N) is 1. The van der Waals surface area contributed by atoms with Crippen molar-refractivity contribution in [1.29, 1.82) is 0 Å². The maximum atomic E-state index is 13.0. The molecule has 5 heteroatoms. The average Bonchev–Trinajstić information content (AvgIpc) is 2.80. The maximum Gasteiger partial charge on any atom is 0.256 e. The highest BCUT2D eigenvalue weighted by Gasteiger charge is 2.25. The molecule has 2 aromatic carbocycles. The number of unbranched alkanes of at least 4 members (excludes halogenated alkanes) is 2. The standard InChI is InChI=1S/C26H29N3O2/c1-2-3-5-8-19-11-13-21(14-12-19)26(31)29-16-15-23-22(18-29)25(30)28-24(27-23)17-20-9-6-4-7-10-20/h4,6-7,9-14H,2-3,5,8,15-18H2,1H3,(H,27,28,30). The highest BCUT2D eigenvalue weighted by Crippen LogP contribution is 2.18. The summed E-state index contributed by atoms with van der Waals surface area (Å²) in [6, 6.07) is 17.9. The van der Waals surface area contributed by atoms with E-state index in [4.69, 9.17) is 0 Å². The van der Waals surface area contributed by atoms with Gasteiger partial charge in [0.05, 0.1) is 17.8 Å². The molecule has 5 nitrogen and oxygen atoms in total. The molecule has 0 radical (unpaired) electrons. The number of rotatable bonds is 7. The molecule has 0 saturated heterocycles. The van der Waals surface area contributed by atoms with Crippen molar-refractivity contribution in [2.24, 2.45) is 0 Å². The molecule has 0 spiro atoms. The lowest BCUT2D eigenvalue weighted by Gasteiger charge is -2.28. The van der Waals surface area contributed by atoms with Gasteiger partial charge in [0, 0.05) is 24.9 Å². The first-order valence-corrected chi connectivity index (χ1v) is 11.2. The van der Waals surface area contributed by atoms with Crippen molar-refractivity contribution in [3.8, 4) is 0 Å². The van der Waals surface area contributed by atoms with Crippen LogP contribution in [0.3, 0.4) is 0 Å². The number of carbonyl (C=O) groups is 1. The molecule has 4 rings (SSSR count). The summed E-state index contributed by atoms with van der Waals surface area (Å²) in [7, 11) is 0. The number of hydrogen-bond donors (Lipinski definition) is 1. The second-order valence-electron chi connectivity index (χ2n) is 8.23. The van der Waals surface area contributed by atoms with Gasteiger partial charge in [-0.25, -0.2) is 4.98 Å². The molecular formula is C26H29N3O2. The Hall–Kier alpha value is -3.21. The van der Waals surface area contributed by atoms with E-state index in [9.17, 15) is 9.59 Å². The number of hydrogen-bond acceptors (Lipinski definition) is 3. The third-order valence-electron chi connectivity index (χ3n) is 5.89. The van der Waals surface area contributed by atoms with Gasteiger partial charge in [0.2, 0.25) is 0 Å². The van der Waals surface area contributed by atoms with Gasteiger partial charge in [0.15, 0.2) is 0 Å². The number of aromatic amines is 1. The molecule has 3 aromatic rings. The van der Waals surface area contributed by atoms with Crippen LogP contribution in [0.15, 0.2) is 59.4 Å². The summed E-state index contributed by atoms with van der Waals surface area (Å²) in [6.45, 7) is 3.08. The molecule has 2 heterocycles. The largest absolute Gasteiger partial charge is 0.334 e. The van der Waals surface area contributed by atoms with Crippen LogP contribution in [-0.4, -0.2) is 27.3 Å². The normalized spacial score (nSPS) is 13.1. The summed E-state index contributed by atoms with van der Waals surface area (Å²) in [4.78, 5) is 35.1. The third-order valence-corrected chi connectivity index (χ3v) is 5.89. The van der Waals surface area contributed by atoms with E-state index in [2.05, 4.69) is 16.9 Å². The highest BCUT2D eigenvalue weighted by molar-refractivity contribution is 5.94. The fraction of sp³-hybridized carbons (Fsp3) is 0.346. The molecule has 31 heavy (non-hydrogen) atoms. The van der Waals surface area contributed by atoms with Gasteiger partial charge < -0.3 is 9.88 Å². The Morgan fingerprint density at radius 1 is 1.03 bits per heavy atom. The molecule has 0 fully saturated rings. The average molecular weight is 416 g/mol. The second kappa shape index (κ2) is 9.73. The molecular weight excluding hydrogens is 386 g/mol. The minimum atomic E-state index is -0.139. The minimum Gasteiger partial charge on any atom is -0.334 e. The van der Waals surface area contributed by atoms with E-state index in [1.54, 1.807) is 4.90 Å². The van der Waals surface area contributed by atoms with E-state index in [0.29, 0.717) is 42.9 Å². The number of fused-ring (bicyclic) bond motifs is 1. The Balaban J connectivity index is 1.44. The Morgan fingerprint density at radius 3 is 2.55 bits per heavy atom. The lowest BCUT2D eigenvalue weighted by molar-refractivity contribution is 0.0732. The molecule has 0 saturated carbocycles. The lowest BCUT2D eigenvalue weighted by atomic mass is 10.0. The molecule has 1 N–H and O–H groups in total. The highest BCUT2D eigenvalue weighted by atomic mass is 16.2. The van der Waals surface area contributed by atoms with Gasteiger partial charge in [0.1, 0.15) is 5.82 Å². The molecule has 1 aromatic heterocycles. The molecule has 1 aliphatic rings. The summed E-state index contributed by atoms with van der Waals surface area (Å²) in [6.07, 6.45) is 5.84. The zero-order valence-electron chi connectivity index (χ0n) is 18.1. The number of nitrogens with zero attached hydrogens (tertiary/aromatic N) is 2. The van der Waals surface area contributed by atoms with Crippen molar-refractivity contribution in [3.05, 3.63) is 98.7 Å². The molecule has 0 aliphatic carbocycles. The maximum absolute atomic E-state index is 13.0. The second-order valence-corrected chi connectivity index (χ2v) is 8.23. The van der Waals surface area contributed by atoms with E-state index in [1.807, 2.05) is 54.6 Å². The van der Waals surface area contributed by atoms with Crippen molar-refractivity contribution in [2.45, 2.75) is 52.0 Å². The van der Waals surface area contributed by atoms with Crippen LogP contribution in [0.5, 0.6) is 0 Å². The van der Waals surface area contributed by atoms with Crippen LogP contribution in [0.4, 0.5) is 0 Å². The minimum absolute atomic E-state index is 0.0291. The van der Waals surface area contributed by atoms with Crippen molar-refractivity contribution in [1.82, 2.24) is 14.9 Å². The third kappa shape index (κ3) is 5.10. The van der Waals surface area contributed by atoms with E-state index >= 15 is 0 Å². The monoisotopic (exact) mass is 415 g/mol. The summed E-state index contributed by atoms with van der Waals surface area (Å²) >= 11 is 0.